The van der Waals surface area contributed by atoms with Crippen LogP contribution < -0.4 is 5.32 Å². The van der Waals surface area contributed by atoms with E-state index in [9.17, 15) is 9.59 Å². The Morgan fingerprint density at radius 2 is 1.95 bits per heavy atom. The van der Waals surface area contributed by atoms with Gasteiger partial charge in [-0.25, -0.2) is 0 Å². The first-order valence-corrected chi connectivity index (χ1v) is 7.47. The van der Waals surface area contributed by atoms with Crippen molar-refractivity contribution in [3.05, 3.63) is 29.8 Å². The average Bonchev–Trinajstić information content (AvgIpc) is 2.44. The minimum atomic E-state index is -0.166. The Morgan fingerprint density at radius 3 is 2.50 bits per heavy atom. The second-order valence-electron chi connectivity index (χ2n) is 4.48. The second-order valence-corrected chi connectivity index (χ2v) is 5.89. The Bertz CT molecular complexity index is 445. The maximum atomic E-state index is 11.9. The van der Waals surface area contributed by atoms with Gasteiger partial charge in [0.2, 0.25) is 5.91 Å². The van der Waals surface area contributed by atoms with Crippen LogP contribution >= 0.6 is 11.8 Å². The van der Waals surface area contributed by atoms with Crippen LogP contribution in [-0.4, -0.2) is 37.2 Å². The summed E-state index contributed by atoms with van der Waals surface area (Å²) in [5.41, 5.74) is 0.686. The summed E-state index contributed by atoms with van der Waals surface area (Å²) in [6.45, 7) is 4.68. The summed E-state index contributed by atoms with van der Waals surface area (Å²) in [6.07, 6.45) is 0.812. The largest absolute Gasteiger partial charge is 0.385 e. The number of hydrogen-bond acceptors (Lipinski definition) is 4. The van der Waals surface area contributed by atoms with Crippen LogP contribution in [0.3, 0.4) is 0 Å². The number of thioether (sulfide) groups is 1. The molecule has 1 aromatic carbocycles. The summed E-state index contributed by atoms with van der Waals surface area (Å²) in [6, 6.07) is 7.31. The van der Waals surface area contributed by atoms with Gasteiger partial charge in [-0.3, -0.25) is 9.59 Å². The molecule has 0 aliphatic rings. The Labute approximate surface area is 124 Å². The van der Waals surface area contributed by atoms with E-state index in [1.807, 2.05) is 19.1 Å². The highest BCUT2D eigenvalue weighted by Gasteiger charge is 2.13. The van der Waals surface area contributed by atoms with E-state index in [1.165, 1.54) is 18.7 Å². The molecule has 0 radical (unpaired) electrons. The number of ether oxygens (including phenoxy) is 1. The molecule has 1 atom stereocenters. The SMILES string of the molecule is COCCCNC(=O)C(C)Sc1ccc(C(C)=O)cc1. The van der Waals surface area contributed by atoms with Gasteiger partial charge in [0.25, 0.3) is 0 Å². The van der Waals surface area contributed by atoms with Crippen molar-refractivity contribution in [3.8, 4) is 0 Å². The predicted molar refractivity (Wildman–Crippen MR) is 81.3 cm³/mol. The summed E-state index contributed by atoms with van der Waals surface area (Å²) >= 11 is 1.48. The molecule has 110 valence electrons. The molecular formula is C15H21NO3S. The summed E-state index contributed by atoms with van der Waals surface area (Å²) < 4.78 is 4.93. The molecule has 0 aliphatic heterocycles. The molecule has 0 heterocycles. The van der Waals surface area contributed by atoms with Crippen LogP contribution in [0.15, 0.2) is 29.2 Å². The van der Waals surface area contributed by atoms with Crippen LogP contribution in [-0.2, 0) is 9.53 Å². The van der Waals surface area contributed by atoms with Gasteiger partial charge in [0.15, 0.2) is 5.78 Å². The minimum absolute atomic E-state index is 0.0155. The van der Waals surface area contributed by atoms with Crippen molar-refractivity contribution in [2.24, 2.45) is 0 Å². The van der Waals surface area contributed by atoms with Gasteiger partial charge in [0.1, 0.15) is 0 Å². The van der Waals surface area contributed by atoms with Crippen LogP contribution in [0.2, 0.25) is 0 Å². The fourth-order valence-electron chi connectivity index (χ4n) is 1.60. The first kappa shape index (κ1) is 16.7. The topological polar surface area (TPSA) is 55.4 Å². The summed E-state index contributed by atoms with van der Waals surface area (Å²) in [4.78, 5) is 24.0. The van der Waals surface area contributed by atoms with E-state index < -0.39 is 0 Å². The molecule has 0 saturated carbocycles. The number of nitrogens with one attached hydrogen (secondary N) is 1. The molecule has 1 unspecified atom stereocenters. The molecule has 0 aromatic heterocycles. The van der Waals surface area contributed by atoms with E-state index in [0.29, 0.717) is 18.7 Å². The number of rotatable bonds is 8. The number of methoxy groups -OCH3 is 1. The van der Waals surface area contributed by atoms with Gasteiger partial charge in [-0.2, -0.15) is 0 Å². The van der Waals surface area contributed by atoms with Crippen molar-refractivity contribution < 1.29 is 14.3 Å². The number of hydrogen-bond donors (Lipinski definition) is 1. The van der Waals surface area contributed by atoms with Crippen molar-refractivity contribution in [2.75, 3.05) is 20.3 Å². The molecule has 0 aliphatic carbocycles. The van der Waals surface area contributed by atoms with Crippen molar-refractivity contribution >= 4 is 23.5 Å². The maximum Gasteiger partial charge on any atom is 0.233 e. The summed E-state index contributed by atoms with van der Waals surface area (Å²) in [5.74, 6) is 0.0623. The molecular weight excluding hydrogens is 274 g/mol. The summed E-state index contributed by atoms with van der Waals surface area (Å²) in [5, 5.41) is 2.71. The monoisotopic (exact) mass is 295 g/mol. The smallest absolute Gasteiger partial charge is 0.233 e. The van der Waals surface area contributed by atoms with Crippen LogP contribution in [0, 0.1) is 0 Å². The van der Waals surface area contributed by atoms with Crippen molar-refractivity contribution in [3.63, 3.8) is 0 Å². The number of benzene rings is 1. The zero-order chi connectivity index (χ0) is 15.0. The number of carbonyl (C=O) groups excluding carboxylic acids is 2. The molecule has 1 N–H and O–H groups in total. The molecule has 1 rings (SSSR count). The lowest BCUT2D eigenvalue weighted by Crippen LogP contribution is -2.32. The minimum Gasteiger partial charge on any atom is -0.385 e. The summed E-state index contributed by atoms with van der Waals surface area (Å²) in [7, 11) is 1.64. The molecule has 1 aromatic rings. The Kier molecular flexibility index (Phi) is 7.33. The fourth-order valence-corrected chi connectivity index (χ4v) is 2.49. The Balaban J connectivity index is 2.42. The van der Waals surface area contributed by atoms with Crippen LogP contribution in [0.25, 0.3) is 0 Å². The number of ketones is 1. The van der Waals surface area contributed by atoms with E-state index >= 15 is 0 Å². The highest BCUT2D eigenvalue weighted by atomic mass is 32.2. The maximum absolute atomic E-state index is 11.9. The van der Waals surface area contributed by atoms with Crippen molar-refractivity contribution in [2.45, 2.75) is 30.4 Å². The number of amides is 1. The van der Waals surface area contributed by atoms with E-state index in [2.05, 4.69) is 5.32 Å². The molecule has 5 heteroatoms. The average molecular weight is 295 g/mol. The van der Waals surface area contributed by atoms with Gasteiger partial charge in [-0.1, -0.05) is 12.1 Å². The third-order valence-electron chi connectivity index (χ3n) is 2.77. The van der Waals surface area contributed by atoms with Gasteiger partial charge >= 0.3 is 0 Å². The number of Topliss-reactive ketones (excluding diaryl/α,β-unsaturated/α-hetero) is 1. The predicted octanol–water partition coefficient (Wildman–Crippen LogP) is 2.52. The highest BCUT2D eigenvalue weighted by Crippen LogP contribution is 2.23. The molecule has 20 heavy (non-hydrogen) atoms. The van der Waals surface area contributed by atoms with E-state index in [-0.39, 0.29) is 16.9 Å². The zero-order valence-electron chi connectivity index (χ0n) is 12.1. The molecule has 0 saturated heterocycles. The van der Waals surface area contributed by atoms with E-state index in [4.69, 9.17) is 4.74 Å². The first-order chi connectivity index (χ1) is 9.54. The molecule has 1 amide bonds. The lowest BCUT2D eigenvalue weighted by atomic mass is 10.2. The Hall–Kier alpha value is -1.33. The van der Waals surface area contributed by atoms with Crippen LogP contribution in [0.4, 0.5) is 0 Å². The first-order valence-electron chi connectivity index (χ1n) is 6.59. The van der Waals surface area contributed by atoms with Crippen molar-refractivity contribution in [1.29, 1.82) is 0 Å². The molecule has 4 nitrogen and oxygen atoms in total. The van der Waals surface area contributed by atoms with Crippen LogP contribution in [0.5, 0.6) is 0 Å². The third-order valence-corrected chi connectivity index (χ3v) is 3.88. The normalized spacial score (nSPS) is 11.9. The van der Waals surface area contributed by atoms with Gasteiger partial charge in [0, 0.05) is 30.7 Å². The molecule has 0 spiro atoms. The standard InChI is InChI=1S/C15H21NO3S/c1-11(17)13-5-7-14(8-6-13)20-12(2)15(18)16-9-4-10-19-3/h5-8,12H,4,9-10H2,1-3H3,(H,16,18). The second kappa shape index (κ2) is 8.76. The van der Waals surface area contributed by atoms with Crippen molar-refractivity contribution in [1.82, 2.24) is 5.32 Å². The van der Waals surface area contributed by atoms with Gasteiger partial charge in [-0.05, 0) is 32.4 Å². The van der Waals surface area contributed by atoms with E-state index in [0.717, 1.165) is 11.3 Å². The number of carbonyl (C=O) groups is 2. The fraction of sp³-hybridized carbons (Fsp3) is 0.467. The lowest BCUT2D eigenvalue weighted by Gasteiger charge is -2.12. The molecule has 0 bridgehead atoms. The molecule has 0 fully saturated rings. The van der Waals surface area contributed by atoms with Crippen LogP contribution in [0.1, 0.15) is 30.6 Å². The van der Waals surface area contributed by atoms with E-state index in [1.54, 1.807) is 19.2 Å². The third kappa shape index (κ3) is 5.75. The quantitative estimate of drug-likeness (QED) is 0.455. The van der Waals surface area contributed by atoms with Gasteiger partial charge < -0.3 is 10.1 Å². The highest BCUT2D eigenvalue weighted by molar-refractivity contribution is 8.00. The lowest BCUT2D eigenvalue weighted by molar-refractivity contribution is -0.120. The van der Waals surface area contributed by atoms with Gasteiger partial charge in [0.05, 0.1) is 5.25 Å². The zero-order valence-corrected chi connectivity index (χ0v) is 13.0. The Morgan fingerprint density at radius 1 is 1.30 bits per heavy atom. The van der Waals surface area contributed by atoms with Gasteiger partial charge in [-0.15, -0.1) is 11.8 Å².